The summed E-state index contributed by atoms with van der Waals surface area (Å²) in [4.78, 5) is 2.40. The molecule has 0 aliphatic carbocycles. The van der Waals surface area contributed by atoms with Gasteiger partial charge in [0.2, 0.25) is 0 Å². The smallest absolute Gasteiger partial charge is 0.123 e. The zero-order chi connectivity index (χ0) is 18.4. The molecule has 0 saturated carbocycles. The molecular formula is C21H27NO4. The van der Waals surface area contributed by atoms with Gasteiger partial charge in [0, 0.05) is 30.6 Å². The van der Waals surface area contributed by atoms with Crippen LogP contribution < -0.4 is 14.2 Å². The minimum absolute atomic E-state index is 0.274. The minimum Gasteiger partial charge on any atom is -0.508 e. The quantitative estimate of drug-likeness (QED) is 0.819. The van der Waals surface area contributed by atoms with Crippen LogP contribution in [0.5, 0.6) is 23.0 Å². The van der Waals surface area contributed by atoms with E-state index in [1.807, 2.05) is 30.3 Å². The van der Waals surface area contributed by atoms with Gasteiger partial charge in [-0.15, -0.1) is 0 Å². The van der Waals surface area contributed by atoms with E-state index in [2.05, 4.69) is 4.90 Å². The highest BCUT2D eigenvalue weighted by Gasteiger charge is 2.21. The number of aromatic hydroxyl groups is 1. The first kappa shape index (κ1) is 18.4. The number of phenols is 1. The molecule has 2 aromatic carbocycles. The summed E-state index contributed by atoms with van der Waals surface area (Å²) in [5.41, 5.74) is 1.02. The topological polar surface area (TPSA) is 51.2 Å². The molecule has 2 aromatic rings. The van der Waals surface area contributed by atoms with Crippen molar-refractivity contribution in [2.75, 3.05) is 33.9 Å². The second-order valence-electron chi connectivity index (χ2n) is 6.73. The van der Waals surface area contributed by atoms with Crippen molar-refractivity contribution in [2.24, 2.45) is 5.92 Å². The molecule has 5 nitrogen and oxygen atoms in total. The van der Waals surface area contributed by atoms with Gasteiger partial charge in [-0.1, -0.05) is 6.07 Å². The molecule has 3 rings (SSSR count). The number of piperidine rings is 1. The zero-order valence-corrected chi connectivity index (χ0v) is 15.5. The lowest BCUT2D eigenvalue weighted by atomic mass is 9.98. The number of nitrogens with zero attached hydrogens (tertiary/aromatic N) is 1. The van der Waals surface area contributed by atoms with Crippen LogP contribution in [0.1, 0.15) is 18.4 Å². The molecule has 0 radical (unpaired) electrons. The van der Waals surface area contributed by atoms with E-state index < -0.39 is 0 Å². The number of hydrogen-bond donors (Lipinski definition) is 1. The zero-order valence-electron chi connectivity index (χ0n) is 15.5. The molecule has 0 aromatic heterocycles. The molecule has 5 heteroatoms. The van der Waals surface area contributed by atoms with E-state index in [4.69, 9.17) is 14.2 Å². The van der Waals surface area contributed by atoms with Crippen LogP contribution >= 0.6 is 0 Å². The van der Waals surface area contributed by atoms with Crippen LogP contribution in [-0.2, 0) is 6.54 Å². The molecule has 1 fully saturated rings. The van der Waals surface area contributed by atoms with E-state index in [9.17, 15) is 5.11 Å². The second kappa shape index (κ2) is 8.81. The third kappa shape index (κ3) is 4.82. The molecule has 0 spiro atoms. The van der Waals surface area contributed by atoms with Gasteiger partial charge in [-0.05, 0) is 49.7 Å². The highest BCUT2D eigenvalue weighted by atomic mass is 16.5. The molecule has 1 heterocycles. The Balaban J connectivity index is 1.56. The van der Waals surface area contributed by atoms with Crippen molar-refractivity contribution in [3.63, 3.8) is 0 Å². The minimum atomic E-state index is 0.274. The summed E-state index contributed by atoms with van der Waals surface area (Å²) in [5.74, 6) is 3.23. The Labute approximate surface area is 155 Å². The Morgan fingerprint density at radius 2 is 1.92 bits per heavy atom. The fourth-order valence-corrected chi connectivity index (χ4v) is 3.47. The second-order valence-corrected chi connectivity index (χ2v) is 6.73. The molecule has 1 aliphatic heterocycles. The van der Waals surface area contributed by atoms with Crippen molar-refractivity contribution < 1.29 is 19.3 Å². The highest BCUT2D eigenvalue weighted by Crippen LogP contribution is 2.27. The van der Waals surface area contributed by atoms with Crippen LogP contribution in [-0.4, -0.2) is 43.9 Å². The lowest BCUT2D eigenvalue weighted by Crippen LogP contribution is -2.37. The molecule has 140 valence electrons. The van der Waals surface area contributed by atoms with Crippen molar-refractivity contribution in [2.45, 2.75) is 19.4 Å². The predicted octanol–water partition coefficient (Wildman–Crippen LogP) is 3.70. The lowest BCUT2D eigenvalue weighted by molar-refractivity contribution is 0.124. The van der Waals surface area contributed by atoms with Crippen molar-refractivity contribution in [3.8, 4) is 23.0 Å². The fourth-order valence-electron chi connectivity index (χ4n) is 3.47. The summed E-state index contributed by atoms with van der Waals surface area (Å²) in [6.07, 6.45) is 2.31. The maximum absolute atomic E-state index is 9.76. The van der Waals surface area contributed by atoms with Gasteiger partial charge >= 0.3 is 0 Å². The van der Waals surface area contributed by atoms with E-state index >= 15 is 0 Å². The summed E-state index contributed by atoms with van der Waals surface area (Å²) in [6.45, 7) is 3.49. The van der Waals surface area contributed by atoms with Crippen LogP contribution in [0.3, 0.4) is 0 Å². The average molecular weight is 357 g/mol. The Morgan fingerprint density at radius 3 is 2.73 bits per heavy atom. The number of ether oxygens (including phenoxy) is 3. The Kier molecular flexibility index (Phi) is 6.23. The first-order valence-electron chi connectivity index (χ1n) is 9.03. The maximum atomic E-state index is 9.76. The highest BCUT2D eigenvalue weighted by molar-refractivity contribution is 5.39. The Bertz CT molecular complexity index is 719. The summed E-state index contributed by atoms with van der Waals surface area (Å²) in [5, 5.41) is 9.76. The van der Waals surface area contributed by atoms with Gasteiger partial charge in [-0.2, -0.15) is 0 Å². The number of hydrogen-bond acceptors (Lipinski definition) is 5. The molecule has 1 atom stereocenters. The number of rotatable bonds is 7. The van der Waals surface area contributed by atoms with Crippen molar-refractivity contribution in [1.82, 2.24) is 4.90 Å². The molecule has 0 bridgehead atoms. The van der Waals surface area contributed by atoms with Gasteiger partial charge in [0.1, 0.15) is 23.0 Å². The molecule has 1 N–H and O–H groups in total. The van der Waals surface area contributed by atoms with E-state index in [0.717, 1.165) is 55.3 Å². The number of phenolic OH excluding ortho intramolecular Hbond substituents is 1. The average Bonchev–Trinajstić information content (AvgIpc) is 2.67. The van der Waals surface area contributed by atoms with Gasteiger partial charge < -0.3 is 19.3 Å². The normalized spacial score (nSPS) is 17.7. The molecule has 1 saturated heterocycles. The first-order valence-corrected chi connectivity index (χ1v) is 9.03. The summed E-state index contributed by atoms with van der Waals surface area (Å²) < 4.78 is 16.6. The van der Waals surface area contributed by atoms with Crippen LogP contribution in [0.2, 0.25) is 0 Å². The lowest BCUT2D eigenvalue weighted by Gasteiger charge is -2.33. The third-order valence-electron chi connectivity index (χ3n) is 4.79. The van der Waals surface area contributed by atoms with Gasteiger partial charge in [-0.3, -0.25) is 4.90 Å². The fraction of sp³-hybridized carbons (Fsp3) is 0.429. The predicted molar refractivity (Wildman–Crippen MR) is 101 cm³/mol. The standard InChI is InChI=1S/C21H27NO4/c1-24-19-6-3-7-20(12-19)26-15-16-5-4-10-22(13-16)14-17-11-18(23)8-9-21(17)25-2/h3,6-9,11-12,16,23H,4-5,10,13-15H2,1-2H3/t16-/m1/s1. The molecule has 1 aliphatic rings. The van der Waals surface area contributed by atoms with Crippen molar-refractivity contribution in [1.29, 1.82) is 0 Å². The van der Waals surface area contributed by atoms with Crippen LogP contribution in [0, 0.1) is 5.92 Å². The molecule has 26 heavy (non-hydrogen) atoms. The van der Waals surface area contributed by atoms with Crippen LogP contribution in [0.15, 0.2) is 42.5 Å². The Morgan fingerprint density at radius 1 is 1.08 bits per heavy atom. The summed E-state index contributed by atoms with van der Waals surface area (Å²) >= 11 is 0. The number of likely N-dealkylation sites (tertiary alicyclic amines) is 1. The van der Waals surface area contributed by atoms with E-state index in [0.29, 0.717) is 12.5 Å². The largest absolute Gasteiger partial charge is 0.508 e. The number of benzene rings is 2. The van der Waals surface area contributed by atoms with Gasteiger partial charge in [-0.25, -0.2) is 0 Å². The van der Waals surface area contributed by atoms with Crippen molar-refractivity contribution in [3.05, 3.63) is 48.0 Å². The number of methoxy groups -OCH3 is 2. The van der Waals surface area contributed by atoms with Crippen molar-refractivity contribution >= 4 is 0 Å². The van der Waals surface area contributed by atoms with E-state index in [1.165, 1.54) is 0 Å². The van der Waals surface area contributed by atoms with Gasteiger partial charge in [0.05, 0.1) is 20.8 Å². The monoisotopic (exact) mass is 357 g/mol. The Hall–Kier alpha value is -2.40. The molecule has 0 unspecified atom stereocenters. The SMILES string of the molecule is COc1cccc(OC[C@@H]2CCCN(Cc3cc(O)ccc3OC)C2)c1. The van der Waals surface area contributed by atoms with Gasteiger partial charge in [0.25, 0.3) is 0 Å². The third-order valence-corrected chi connectivity index (χ3v) is 4.79. The van der Waals surface area contributed by atoms with Crippen LogP contribution in [0.4, 0.5) is 0 Å². The van der Waals surface area contributed by atoms with E-state index in [-0.39, 0.29) is 5.75 Å². The van der Waals surface area contributed by atoms with Gasteiger partial charge in [0.15, 0.2) is 0 Å². The summed E-state index contributed by atoms with van der Waals surface area (Å²) in [7, 11) is 3.32. The molecule has 0 amide bonds. The first-order chi connectivity index (χ1) is 12.7. The molecular weight excluding hydrogens is 330 g/mol. The van der Waals surface area contributed by atoms with E-state index in [1.54, 1.807) is 26.4 Å². The van der Waals surface area contributed by atoms with Crippen LogP contribution in [0.25, 0.3) is 0 Å². The summed E-state index contributed by atoms with van der Waals surface area (Å²) in [6, 6.07) is 13.0. The maximum Gasteiger partial charge on any atom is 0.123 e.